The fourth-order valence-corrected chi connectivity index (χ4v) is 1.79. The van der Waals surface area contributed by atoms with Crippen LogP contribution < -0.4 is 5.32 Å². The third kappa shape index (κ3) is 4.14. The van der Waals surface area contributed by atoms with E-state index in [9.17, 15) is 9.59 Å². The number of carbonyl (C=O) groups excluding carboxylic acids is 2. The van der Waals surface area contributed by atoms with Crippen LogP contribution in [0.15, 0.2) is 28.7 Å². The van der Waals surface area contributed by atoms with Crippen molar-refractivity contribution in [2.45, 2.75) is 25.8 Å². The highest BCUT2D eigenvalue weighted by atomic mass is 79.9. The summed E-state index contributed by atoms with van der Waals surface area (Å²) in [6.45, 7) is 1.95. The number of esters is 1. The van der Waals surface area contributed by atoms with Gasteiger partial charge in [-0.1, -0.05) is 29.3 Å². The van der Waals surface area contributed by atoms with Crippen LogP contribution in [0.5, 0.6) is 0 Å². The zero-order chi connectivity index (χ0) is 13.5. The highest BCUT2D eigenvalue weighted by Crippen LogP contribution is 2.11. The van der Waals surface area contributed by atoms with Gasteiger partial charge in [0, 0.05) is 10.0 Å². The highest BCUT2D eigenvalue weighted by Gasteiger charge is 2.20. The van der Waals surface area contributed by atoms with Gasteiger partial charge in [0.1, 0.15) is 6.04 Å². The van der Waals surface area contributed by atoms with E-state index in [1.54, 1.807) is 24.3 Å². The Hall–Kier alpha value is -1.36. The number of hydrogen-bond donors (Lipinski definition) is 1. The zero-order valence-corrected chi connectivity index (χ0v) is 12.0. The molecule has 0 spiro atoms. The molecule has 1 N–H and O–H groups in total. The normalized spacial score (nSPS) is 11.7. The summed E-state index contributed by atoms with van der Waals surface area (Å²) < 4.78 is 5.56. The SMILES string of the molecule is CCCC(NC(=O)c1ccc(Br)cc1)C(=O)OC. The summed E-state index contributed by atoms with van der Waals surface area (Å²) in [4.78, 5) is 23.4. The quantitative estimate of drug-likeness (QED) is 0.850. The molecule has 1 rings (SSSR count). The van der Waals surface area contributed by atoms with Gasteiger partial charge in [-0.25, -0.2) is 4.79 Å². The number of amides is 1. The molecular formula is C13H16BrNO3. The Kier molecular flexibility index (Phi) is 5.85. The lowest BCUT2D eigenvalue weighted by Gasteiger charge is -2.15. The van der Waals surface area contributed by atoms with E-state index in [0.29, 0.717) is 12.0 Å². The summed E-state index contributed by atoms with van der Waals surface area (Å²) in [6, 6.07) is 6.36. The van der Waals surface area contributed by atoms with Crippen molar-refractivity contribution in [1.29, 1.82) is 0 Å². The maximum absolute atomic E-state index is 11.9. The molecule has 0 aliphatic rings. The van der Waals surface area contributed by atoms with Crippen LogP contribution in [0, 0.1) is 0 Å². The van der Waals surface area contributed by atoms with Crippen LogP contribution in [0.2, 0.25) is 0 Å². The van der Waals surface area contributed by atoms with E-state index in [-0.39, 0.29) is 5.91 Å². The minimum absolute atomic E-state index is 0.272. The van der Waals surface area contributed by atoms with E-state index in [0.717, 1.165) is 10.9 Å². The fourth-order valence-electron chi connectivity index (χ4n) is 1.52. The lowest BCUT2D eigenvalue weighted by Crippen LogP contribution is -2.41. The maximum atomic E-state index is 11.9. The number of halogens is 1. The van der Waals surface area contributed by atoms with Gasteiger partial charge in [-0.2, -0.15) is 0 Å². The van der Waals surface area contributed by atoms with Crippen LogP contribution in [0.25, 0.3) is 0 Å². The number of ether oxygens (including phenoxy) is 1. The Bertz CT molecular complexity index is 417. The van der Waals surface area contributed by atoms with Crippen molar-refractivity contribution < 1.29 is 14.3 Å². The summed E-state index contributed by atoms with van der Waals surface area (Å²) in [5, 5.41) is 2.68. The summed E-state index contributed by atoms with van der Waals surface area (Å²) >= 11 is 3.30. The van der Waals surface area contributed by atoms with Crippen LogP contribution in [0.3, 0.4) is 0 Å². The molecule has 98 valence electrons. The summed E-state index contributed by atoms with van der Waals surface area (Å²) in [5.41, 5.74) is 0.517. The number of methoxy groups -OCH3 is 1. The Balaban J connectivity index is 2.71. The summed E-state index contributed by atoms with van der Waals surface area (Å²) in [5.74, 6) is -0.686. The lowest BCUT2D eigenvalue weighted by atomic mass is 10.1. The topological polar surface area (TPSA) is 55.4 Å². The predicted molar refractivity (Wildman–Crippen MR) is 72.3 cm³/mol. The molecule has 0 saturated carbocycles. The zero-order valence-electron chi connectivity index (χ0n) is 10.4. The standard InChI is InChI=1S/C13H16BrNO3/c1-3-4-11(13(17)18-2)15-12(16)9-5-7-10(14)8-6-9/h5-8,11H,3-4H2,1-2H3,(H,15,16). The molecule has 1 aromatic rings. The van der Waals surface area contributed by atoms with Gasteiger partial charge in [0.05, 0.1) is 7.11 Å². The van der Waals surface area contributed by atoms with Gasteiger partial charge >= 0.3 is 5.97 Å². The number of nitrogens with one attached hydrogen (secondary N) is 1. The molecule has 1 atom stereocenters. The van der Waals surface area contributed by atoms with E-state index in [2.05, 4.69) is 26.0 Å². The minimum Gasteiger partial charge on any atom is -0.467 e. The lowest BCUT2D eigenvalue weighted by molar-refractivity contribution is -0.143. The van der Waals surface area contributed by atoms with Gasteiger partial charge in [0.25, 0.3) is 5.91 Å². The molecule has 0 aliphatic heterocycles. The molecule has 0 radical (unpaired) electrons. The van der Waals surface area contributed by atoms with Gasteiger partial charge < -0.3 is 10.1 Å². The molecule has 5 heteroatoms. The first kappa shape index (κ1) is 14.7. The third-order valence-electron chi connectivity index (χ3n) is 2.47. The number of hydrogen-bond acceptors (Lipinski definition) is 3. The Morgan fingerprint density at radius 2 is 1.94 bits per heavy atom. The smallest absolute Gasteiger partial charge is 0.328 e. The van der Waals surface area contributed by atoms with E-state index < -0.39 is 12.0 Å². The molecule has 0 aromatic heterocycles. The van der Waals surface area contributed by atoms with Gasteiger partial charge in [0.2, 0.25) is 0 Å². The van der Waals surface area contributed by atoms with Crippen LogP contribution in [0.4, 0.5) is 0 Å². The van der Waals surface area contributed by atoms with Crippen molar-refractivity contribution in [1.82, 2.24) is 5.32 Å². The van der Waals surface area contributed by atoms with E-state index in [4.69, 9.17) is 0 Å². The first-order chi connectivity index (χ1) is 8.58. The Morgan fingerprint density at radius 3 is 2.44 bits per heavy atom. The first-order valence-electron chi connectivity index (χ1n) is 5.72. The minimum atomic E-state index is -0.587. The van der Waals surface area contributed by atoms with Crippen molar-refractivity contribution in [2.24, 2.45) is 0 Å². The molecule has 0 fully saturated rings. The molecular weight excluding hydrogens is 298 g/mol. The van der Waals surface area contributed by atoms with Crippen molar-refractivity contribution >= 4 is 27.8 Å². The molecule has 1 unspecified atom stereocenters. The molecule has 0 aliphatic carbocycles. The maximum Gasteiger partial charge on any atom is 0.328 e. The molecule has 1 amide bonds. The summed E-state index contributed by atoms with van der Waals surface area (Å²) in [7, 11) is 1.32. The average molecular weight is 314 g/mol. The molecule has 0 heterocycles. The van der Waals surface area contributed by atoms with Crippen LogP contribution >= 0.6 is 15.9 Å². The largest absolute Gasteiger partial charge is 0.467 e. The monoisotopic (exact) mass is 313 g/mol. The van der Waals surface area contributed by atoms with Crippen LogP contribution in [-0.2, 0) is 9.53 Å². The van der Waals surface area contributed by atoms with E-state index >= 15 is 0 Å². The van der Waals surface area contributed by atoms with Gasteiger partial charge in [0.15, 0.2) is 0 Å². The van der Waals surface area contributed by atoms with Crippen LogP contribution in [-0.4, -0.2) is 25.0 Å². The number of benzene rings is 1. The highest BCUT2D eigenvalue weighted by molar-refractivity contribution is 9.10. The molecule has 18 heavy (non-hydrogen) atoms. The second-order valence-corrected chi connectivity index (χ2v) is 4.76. The van der Waals surface area contributed by atoms with Crippen molar-refractivity contribution in [2.75, 3.05) is 7.11 Å². The van der Waals surface area contributed by atoms with Gasteiger partial charge in [-0.3, -0.25) is 4.79 Å². The number of carbonyl (C=O) groups is 2. The van der Waals surface area contributed by atoms with Crippen molar-refractivity contribution in [3.63, 3.8) is 0 Å². The molecule has 0 bridgehead atoms. The van der Waals surface area contributed by atoms with Crippen LogP contribution in [0.1, 0.15) is 30.1 Å². The third-order valence-corrected chi connectivity index (χ3v) is 3.00. The number of rotatable bonds is 5. The molecule has 4 nitrogen and oxygen atoms in total. The Labute approximate surface area is 115 Å². The van der Waals surface area contributed by atoms with Crippen molar-refractivity contribution in [3.8, 4) is 0 Å². The van der Waals surface area contributed by atoms with Gasteiger partial charge in [-0.15, -0.1) is 0 Å². The van der Waals surface area contributed by atoms with Gasteiger partial charge in [-0.05, 0) is 30.7 Å². The van der Waals surface area contributed by atoms with E-state index in [1.165, 1.54) is 7.11 Å². The fraction of sp³-hybridized carbons (Fsp3) is 0.385. The van der Waals surface area contributed by atoms with E-state index in [1.807, 2.05) is 6.92 Å². The molecule has 1 aromatic carbocycles. The molecule has 0 saturated heterocycles. The first-order valence-corrected chi connectivity index (χ1v) is 6.52. The van der Waals surface area contributed by atoms with Crippen molar-refractivity contribution in [3.05, 3.63) is 34.3 Å². The second kappa shape index (κ2) is 7.16. The predicted octanol–water partition coefficient (Wildman–Crippen LogP) is 2.52. The average Bonchev–Trinajstić information content (AvgIpc) is 2.38. The summed E-state index contributed by atoms with van der Waals surface area (Å²) in [6.07, 6.45) is 1.36. The Morgan fingerprint density at radius 1 is 1.33 bits per heavy atom. The second-order valence-electron chi connectivity index (χ2n) is 3.84.